The summed E-state index contributed by atoms with van der Waals surface area (Å²) in [7, 11) is 0. The molecule has 0 aromatic heterocycles. The van der Waals surface area contributed by atoms with Crippen molar-refractivity contribution in [3.05, 3.63) is 0 Å². The fourth-order valence-corrected chi connectivity index (χ4v) is 1.88. The molecule has 1 saturated heterocycles. The van der Waals surface area contributed by atoms with Crippen molar-refractivity contribution in [1.29, 1.82) is 0 Å². The Hall–Kier alpha value is -0.160. The van der Waals surface area contributed by atoms with E-state index in [9.17, 15) is 0 Å². The first kappa shape index (κ1) is 12.9. The monoisotopic (exact) mass is 216 g/mol. The molecular formula is C11H24N2O2. The highest BCUT2D eigenvalue weighted by Crippen LogP contribution is 2.16. The van der Waals surface area contributed by atoms with E-state index in [-0.39, 0.29) is 5.54 Å². The Morgan fingerprint density at radius 3 is 2.80 bits per heavy atom. The fourth-order valence-electron chi connectivity index (χ4n) is 1.88. The minimum Gasteiger partial charge on any atom is -0.380 e. The van der Waals surface area contributed by atoms with Crippen molar-refractivity contribution in [3.63, 3.8) is 0 Å². The van der Waals surface area contributed by atoms with Crippen LogP contribution in [0.1, 0.15) is 20.3 Å². The average molecular weight is 216 g/mol. The molecule has 0 amide bonds. The SMILES string of the molecule is CCOCCN(CC)CC1(N)CCOC1. The second kappa shape index (κ2) is 6.43. The van der Waals surface area contributed by atoms with Crippen LogP contribution in [0.15, 0.2) is 0 Å². The van der Waals surface area contributed by atoms with E-state index in [0.29, 0.717) is 6.61 Å². The maximum atomic E-state index is 6.23. The van der Waals surface area contributed by atoms with Crippen molar-refractivity contribution >= 4 is 0 Å². The van der Waals surface area contributed by atoms with Gasteiger partial charge >= 0.3 is 0 Å². The molecule has 4 heteroatoms. The van der Waals surface area contributed by atoms with E-state index in [0.717, 1.165) is 45.9 Å². The summed E-state index contributed by atoms with van der Waals surface area (Å²) in [6.45, 7) is 10.1. The van der Waals surface area contributed by atoms with Crippen LogP contribution < -0.4 is 5.73 Å². The lowest BCUT2D eigenvalue weighted by atomic mass is 10.00. The van der Waals surface area contributed by atoms with Gasteiger partial charge in [0.05, 0.1) is 18.8 Å². The minimum absolute atomic E-state index is 0.137. The molecule has 0 radical (unpaired) electrons. The third-order valence-electron chi connectivity index (χ3n) is 2.88. The largest absolute Gasteiger partial charge is 0.380 e. The van der Waals surface area contributed by atoms with Gasteiger partial charge in [0.15, 0.2) is 0 Å². The number of ether oxygens (including phenoxy) is 2. The average Bonchev–Trinajstić information content (AvgIpc) is 2.64. The van der Waals surface area contributed by atoms with Gasteiger partial charge in [-0.15, -0.1) is 0 Å². The van der Waals surface area contributed by atoms with Gasteiger partial charge in [-0.25, -0.2) is 0 Å². The summed E-state index contributed by atoms with van der Waals surface area (Å²) in [5.41, 5.74) is 6.10. The molecular weight excluding hydrogens is 192 g/mol. The molecule has 4 nitrogen and oxygen atoms in total. The van der Waals surface area contributed by atoms with Crippen molar-refractivity contribution < 1.29 is 9.47 Å². The first-order chi connectivity index (χ1) is 7.20. The summed E-state index contributed by atoms with van der Waals surface area (Å²) >= 11 is 0. The Balaban J connectivity index is 2.25. The van der Waals surface area contributed by atoms with Crippen LogP contribution in [0.3, 0.4) is 0 Å². The van der Waals surface area contributed by atoms with Gasteiger partial charge in [0.1, 0.15) is 0 Å². The Bertz CT molecular complexity index is 170. The zero-order valence-corrected chi connectivity index (χ0v) is 10.00. The quantitative estimate of drug-likeness (QED) is 0.628. The van der Waals surface area contributed by atoms with E-state index in [1.165, 1.54) is 0 Å². The number of nitrogens with zero attached hydrogens (tertiary/aromatic N) is 1. The highest BCUT2D eigenvalue weighted by atomic mass is 16.5. The van der Waals surface area contributed by atoms with Gasteiger partial charge in [-0.05, 0) is 19.9 Å². The van der Waals surface area contributed by atoms with Crippen LogP contribution in [-0.2, 0) is 9.47 Å². The third kappa shape index (κ3) is 4.47. The number of rotatable bonds is 7. The van der Waals surface area contributed by atoms with Crippen LogP contribution in [0.5, 0.6) is 0 Å². The van der Waals surface area contributed by atoms with Crippen LogP contribution in [0.4, 0.5) is 0 Å². The van der Waals surface area contributed by atoms with E-state index < -0.39 is 0 Å². The molecule has 1 fully saturated rings. The second-order valence-electron chi connectivity index (χ2n) is 4.23. The first-order valence-corrected chi connectivity index (χ1v) is 5.87. The molecule has 15 heavy (non-hydrogen) atoms. The van der Waals surface area contributed by atoms with Gasteiger partial charge in [0, 0.05) is 26.3 Å². The molecule has 1 unspecified atom stereocenters. The van der Waals surface area contributed by atoms with Gasteiger partial charge < -0.3 is 15.2 Å². The van der Waals surface area contributed by atoms with Crippen LogP contribution in [0.25, 0.3) is 0 Å². The topological polar surface area (TPSA) is 47.7 Å². The van der Waals surface area contributed by atoms with Crippen LogP contribution in [-0.4, -0.2) is 56.5 Å². The van der Waals surface area contributed by atoms with Gasteiger partial charge in [-0.1, -0.05) is 6.92 Å². The fraction of sp³-hybridized carbons (Fsp3) is 1.00. The van der Waals surface area contributed by atoms with E-state index in [2.05, 4.69) is 11.8 Å². The standard InChI is InChI=1S/C11H24N2O2/c1-3-13(6-8-14-4-2)9-11(12)5-7-15-10-11/h3-10,12H2,1-2H3. The van der Waals surface area contributed by atoms with Crippen molar-refractivity contribution in [1.82, 2.24) is 4.90 Å². The summed E-state index contributed by atoms with van der Waals surface area (Å²) in [5.74, 6) is 0. The Morgan fingerprint density at radius 1 is 1.47 bits per heavy atom. The number of hydrogen-bond acceptors (Lipinski definition) is 4. The Morgan fingerprint density at radius 2 is 2.27 bits per heavy atom. The predicted octanol–water partition coefficient (Wildman–Crippen LogP) is 0.463. The lowest BCUT2D eigenvalue weighted by Gasteiger charge is -2.30. The van der Waals surface area contributed by atoms with Crippen LogP contribution in [0, 0.1) is 0 Å². The normalized spacial score (nSPS) is 26.4. The van der Waals surface area contributed by atoms with Crippen molar-refractivity contribution in [3.8, 4) is 0 Å². The van der Waals surface area contributed by atoms with Gasteiger partial charge in [-0.2, -0.15) is 0 Å². The maximum Gasteiger partial charge on any atom is 0.0659 e. The molecule has 0 spiro atoms. The van der Waals surface area contributed by atoms with E-state index in [1.807, 2.05) is 6.92 Å². The molecule has 1 rings (SSSR count). The lowest BCUT2D eigenvalue weighted by molar-refractivity contribution is 0.0999. The highest BCUT2D eigenvalue weighted by molar-refractivity contribution is 4.90. The molecule has 90 valence electrons. The molecule has 1 aliphatic rings. The van der Waals surface area contributed by atoms with Gasteiger partial charge in [-0.3, -0.25) is 4.90 Å². The molecule has 1 heterocycles. The van der Waals surface area contributed by atoms with E-state index in [1.54, 1.807) is 0 Å². The van der Waals surface area contributed by atoms with E-state index in [4.69, 9.17) is 15.2 Å². The number of nitrogens with two attached hydrogens (primary N) is 1. The Labute approximate surface area is 92.7 Å². The zero-order chi connectivity index (χ0) is 11.1. The summed E-state index contributed by atoms with van der Waals surface area (Å²) in [4.78, 5) is 2.34. The number of hydrogen-bond donors (Lipinski definition) is 1. The smallest absolute Gasteiger partial charge is 0.0659 e. The summed E-state index contributed by atoms with van der Waals surface area (Å²) in [6, 6.07) is 0. The van der Waals surface area contributed by atoms with Crippen LogP contribution in [0.2, 0.25) is 0 Å². The lowest BCUT2D eigenvalue weighted by Crippen LogP contribution is -2.51. The molecule has 0 aromatic rings. The van der Waals surface area contributed by atoms with Crippen molar-refractivity contribution in [2.24, 2.45) is 5.73 Å². The predicted molar refractivity (Wildman–Crippen MR) is 61.0 cm³/mol. The zero-order valence-electron chi connectivity index (χ0n) is 10.00. The summed E-state index contributed by atoms with van der Waals surface area (Å²) in [6.07, 6.45) is 0.970. The second-order valence-corrected chi connectivity index (χ2v) is 4.23. The van der Waals surface area contributed by atoms with Crippen molar-refractivity contribution in [2.75, 3.05) is 46.1 Å². The minimum atomic E-state index is -0.137. The molecule has 0 bridgehead atoms. The van der Waals surface area contributed by atoms with Crippen molar-refractivity contribution in [2.45, 2.75) is 25.8 Å². The van der Waals surface area contributed by atoms with Gasteiger partial charge in [0.2, 0.25) is 0 Å². The molecule has 0 aliphatic carbocycles. The molecule has 2 N–H and O–H groups in total. The molecule has 0 aromatic carbocycles. The summed E-state index contributed by atoms with van der Waals surface area (Å²) in [5, 5.41) is 0. The highest BCUT2D eigenvalue weighted by Gasteiger charge is 2.31. The molecule has 0 saturated carbocycles. The Kier molecular flexibility index (Phi) is 5.53. The van der Waals surface area contributed by atoms with Crippen LogP contribution >= 0.6 is 0 Å². The molecule has 1 atom stereocenters. The van der Waals surface area contributed by atoms with E-state index >= 15 is 0 Å². The molecule has 1 aliphatic heterocycles. The maximum absolute atomic E-state index is 6.23. The summed E-state index contributed by atoms with van der Waals surface area (Å²) < 4.78 is 10.7. The van der Waals surface area contributed by atoms with Gasteiger partial charge in [0.25, 0.3) is 0 Å². The first-order valence-electron chi connectivity index (χ1n) is 5.87. The number of likely N-dealkylation sites (N-methyl/N-ethyl adjacent to an activating group) is 1. The third-order valence-corrected chi connectivity index (χ3v) is 2.88.